The van der Waals surface area contributed by atoms with Crippen LogP contribution in [0.25, 0.3) is 0 Å². The highest BCUT2D eigenvalue weighted by Gasteiger charge is 2.07. The third-order valence-corrected chi connectivity index (χ3v) is 3.53. The number of carbonyl (C=O) groups is 1. The van der Waals surface area contributed by atoms with Crippen LogP contribution >= 0.6 is 0 Å². The number of hydrogen-bond donors (Lipinski definition) is 2. The van der Waals surface area contributed by atoms with Gasteiger partial charge in [-0.15, -0.1) is 0 Å². The fraction of sp³-hybridized carbons (Fsp3) is 0.278. The molecule has 4 heteroatoms. The maximum atomic E-state index is 12.8. The Morgan fingerprint density at radius 3 is 2.23 bits per heavy atom. The predicted octanol–water partition coefficient (Wildman–Crippen LogP) is 4.12. The smallest absolute Gasteiger partial charge is 0.319 e. The van der Waals surface area contributed by atoms with Crippen LogP contribution in [0.2, 0.25) is 0 Å². The highest BCUT2D eigenvalue weighted by atomic mass is 19.1. The van der Waals surface area contributed by atoms with Crippen molar-refractivity contribution in [1.82, 2.24) is 5.32 Å². The molecule has 22 heavy (non-hydrogen) atoms. The summed E-state index contributed by atoms with van der Waals surface area (Å²) in [6.45, 7) is 6.50. The summed E-state index contributed by atoms with van der Waals surface area (Å²) in [5.41, 5.74) is 5.11. The van der Waals surface area contributed by atoms with Crippen molar-refractivity contribution in [2.45, 2.75) is 27.2 Å². The van der Waals surface area contributed by atoms with Crippen molar-refractivity contribution >= 4 is 11.7 Å². The second-order valence-electron chi connectivity index (χ2n) is 5.53. The van der Waals surface area contributed by atoms with Crippen molar-refractivity contribution in [3.05, 3.63) is 64.5 Å². The highest BCUT2D eigenvalue weighted by molar-refractivity contribution is 5.91. The Hall–Kier alpha value is -2.36. The molecule has 0 fully saturated rings. The van der Waals surface area contributed by atoms with Crippen LogP contribution in [-0.2, 0) is 6.42 Å². The number of halogens is 1. The number of carbonyl (C=O) groups excluding carboxylic acids is 1. The molecule has 0 unspecified atom stereocenters. The van der Waals surface area contributed by atoms with E-state index in [1.165, 1.54) is 17.7 Å². The Kier molecular flexibility index (Phi) is 5.15. The number of urea groups is 1. The van der Waals surface area contributed by atoms with E-state index in [1.807, 2.05) is 32.9 Å². The zero-order chi connectivity index (χ0) is 16.1. The van der Waals surface area contributed by atoms with Gasteiger partial charge < -0.3 is 10.6 Å². The van der Waals surface area contributed by atoms with E-state index in [0.29, 0.717) is 13.0 Å². The van der Waals surface area contributed by atoms with Gasteiger partial charge in [0.2, 0.25) is 0 Å². The Labute approximate surface area is 130 Å². The third kappa shape index (κ3) is 4.32. The molecule has 0 saturated heterocycles. The topological polar surface area (TPSA) is 41.1 Å². The molecule has 2 rings (SSSR count). The van der Waals surface area contributed by atoms with Gasteiger partial charge in [-0.05, 0) is 56.0 Å². The van der Waals surface area contributed by atoms with Gasteiger partial charge in [0, 0.05) is 12.2 Å². The van der Waals surface area contributed by atoms with Gasteiger partial charge in [-0.2, -0.15) is 0 Å². The number of aryl methyl sites for hydroxylation is 3. The molecular weight excluding hydrogens is 279 g/mol. The van der Waals surface area contributed by atoms with Crippen LogP contribution in [0.3, 0.4) is 0 Å². The molecule has 2 N–H and O–H groups in total. The first-order valence-electron chi connectivity index (χ1n) is 7.33. The van der Waals surface area contributed by atoms with E-state index in [9.17, 15) is 9.18 Å². The number of nitrogens with one attached hydrogen (secondary N) is 2. The molecule has 0 aliphatic rings. The summed E-state index contributed by atoms with van der Waals surface area (Å²) in [5.74, 6) is -0.250. The average molecular weight is 300 g/mol. The lowest BCUT2D eigenvalue weighted by Gasteiger charge is -2.13. The molecule has 0 saturated carbocycles. The lowest BCUT2D eigenvalue weighted by molar-refractivity contribution is 0.252. The molecule has 0 atom stereocenters. The Morgan fingerprint density at radius 2 is 1.64 bits per heavy atom. The summed E-state index contributed by atoms with van der Waals surface area (Å²) in [5, 5.41) is 5.71. The van der Waals surface area contributed by atoms with Gasteiger partial charge in [-0.3, -0.25) is 0 Å². The summed E-state index contributed by atoms with van der Waals surface area (Å²) in [6, 6.07) is 10.2. The minimum absolute atomic E-state index is 0.225. The summed E-state index contributed by atoms with van der Waals surface area (Å²) < 4.78 is 12.8. The van der Waals surface area contributed by atoms with Gasteiger partial charge in [-0.25, -0.2) is 9.18 Å². The van der Waals surface area contributed by atoms with Crippen molar-refractivity contribution in [3.8, 4) is 0 Å². The Balaban J connectivity index is 1.87. The van der Waals surface area contributed by atoms with Crippen molar-refractivity contribution in [2.24, 2.45) is 0 Å². The monoisotopic (exact) mass is 300 g/mol. The second-order valence-corrected chi connectivity index (χ2v) is 5.53. The maximum absolute atomic E-state index is 12.8. The van der Waals surface area contributed by atoms with E-state index in [1.54, 1.807) is 12.1 Å². The summed E-state index contributed by atoms with van der Waals surface area (Å²) >= 11 is 0. The van der Waals surface area contributed by atoms with Crippen LogP contribution in [0, 0.1) is 26.6 Å². The molecule has 2 aromatic rings. The summed E-state index contributed by atoms with van der Waals surface area (Å²) in [6.07, 6.45) is 0.666. The quantitative estimate of drug-likeness (QED) is 0.876. The van der Waals surface area contributed by atoms with E-state index in [-0.39, 0.29) is 11.8 Å². The van der Waals surface area contributed by atoms with E-state index >= 15 is 0 Å². The van der Waals surface area contributed by atoms with Crippen LogP contribution in [0.5, 0.6) is 0 Å². The van der Waals surface area contributed by atoms with E-state index in [4.69, 9.17) is 0 Å². The van der Waals surface area contributed by atoms with Crippen LogP contribution in [0.4, 0.5) is 14.9 Å². The molecule has 0 aliphatic carbocycles. The lowest BCUT2D eigenvalue weighted by Crippen LogP contribution is -2.31. The standard InChI is InChI=1S/C18H21FN2O/c1-12-10-13(2)17(14(3)11-12)21-18(22)20-9-8-15-4-6-16(19)7-5-15/h4-7,10-11H,8-9H2,1-3H3,(H2,20,21,22). The summed E-state index contributed by atoms with van der Waals surface area (Å²) in [7, 11) is 0. The first-order chi connectivity index (χ1) is 10.5. The van der Waals surface area contributed by atoms with Crippen molar-refractivity contribution < 1.29 is 9.18 Å². The molecule has 0 aliphatic heterocycles. The van der Waals surface area contributed by atoms with Gasteiger partial charge in [0.05, 0.1) is 0 Å². The van der Waals surface area contributed by atoms with E-state index in [2.05, 4.69) is 10.6 Å². The van der Waals surface area contributed by atoms with Crippen LogP contribution in [0.1, 0.15) is 22.3 Å². The SMILES string of the molecule is Cc1cc(C)c(NC(=O)NCCc2ccc(F)cc2)c(C)c1. The van der Waals surface area contributed by atoms with E-state index < -0.39 is 0 Å². The third-order valence-electron chi connectivity index (χ3n) is 3.53. The molecule has 0 radical (unpaired) electrons. The molecule has 2 aromatic carbocycles. The Morgan fingerprint density at radius 1 is 1.05 bits per heavy atom. The number of rotatable bonds is 4. The first kappa shape index (κ1) is 16.0. The molecule has 116 valence electrons. The second kappa shape index (κ2) is 7.07. The molecule has 2 amide bonds. The number of hydrogen-bond acceptors (Lipinski definition) is 1. The largest absolute Gasteiger partial charge is 0.338 e. The van der Waals surface area contributed by atoms with Crippen LogP contribution < -0.4 is 10.6 Å². The van der Waals surface area contributed by atoms with Gasteiger partial charge in [0.15, 0.2) is 0 Å². The highest BCUT2D eigenvalue weighted by Crippen LogP contribution is 2.21. The number of benzene rings is 2. The molecular formula is C18H21FN2O. The number of anilines is 1. The van der Waals surface area contributed by atoms with Crippen molar-refractivity contribution in [3.63, 3.8) is 0 Å². The zero-order valence-corrected chi connectivity index (χ0v) is 13.2. The summed E-state index contributed by atoms with van der Waals surface area (Å²) in [4.78, 5) is 12.0. The molecule has 0 aromatic heterocycles. The normalized spacial score (nSPS) is 10.4. The van der Waals surface area contributed by atoms with Gasteiger partial charge in [0.25, 0.3) is 0 Å². The minimum atomic E-state index is -0.250. The maximum Gasteiger partial charge on any atom is 0.319 e. The van der Waals surface area contributed by atoms with Crippen LogP contribution in [0.15, 0.2) is 36.4 Å². The Bertz CT molecular complexity index is 642. The molecule has 0 bridgehead atoms. The molecule has 0 heterocycles. The predicted molar refractivity (Wildman–Crippen MR) is 87.8 cm³/mol. The zero-order valence-electron chi connectivity index (χ0n) is 13.2. The number of amides is 2. The van der Waals surface area contributed by atoms with Gasteiger partial charge >= 0.3 is 6.03 Å². The minimum Gasteiger partial charge on any atom is -0.338 e. The lowest BCUT2D eigenvalue weighted by atomic mass is 10.1. The molecule has 0 spiro atoms. The fourth-order valence-corrected chi connectivity index (χ4v) is 2.51. The fourth-order valence-electron chi connectivity index (χ4n) is 2.51. The van der Waals surface area contributed by atoms with Crippen molar-refractivity contribution in [2.75, 3.05) is 11.9 Å². The van der Waals surface area contributed by atoms with Gasteiger partial charge in [0.1, 0.15) is 5.82 Å². The first-order valence-corrected chi connectivity index (χ1v) is 7.33. The average Bonchev–Trinajstić information content (AvgIpc) is 2.45. The van der Waals surface area contributed by atoms with Crippen molar-refractivity contribution in [1.29, 1.82) is 0 Å². The van der Waals surface area contributed by atoms with Crippen LogP contribution in [-0.4, -0.2) is 12.6 Å². The van der Waals surface area contributed by atoms with Gasteiger partial charge in [-0.1, -0.05) is 29.8 Å². The van der Waals surface area contributed by atoms with E-state index in [0.717, 1.165) is 22.4 Å². The molecule has 3 nitrogen and oxygen atoms in total.